The van der Waals surface area contributed by atoms with Crippen LogP contribution in [0.1, 0.15) is 17.7 Å². The first-order valence-corrected chi connectivity index (χ1v) is 9.92. The molecule has 2 aromatic heterocycles. The smallest absolute Gasteiger partial charge is 0.322 e. The van der Waals surface area contributed by atoms with E-state index in [1.165, 1.54) is 0 Å². The van der Waals surface area contributed by atoms with Crippen LogP contribution < -0.4 is 9.47 Å². The molecule has 0 saturated carbocycles. The molecule has 1 atom stereocenters. The Morgan fingerprint density at radius 3 is 2.81 bits per heavy atom. The Hall–Kier alpha value is -2.29. The number of pyridine rings is 1. The Morgan fingerprint density at radius 2 is 2.04 bits per heavy atom. The van der Waals surface area contributed by atoms with Crippen molar-refractivity contribution in [1.82, 2.24) is 15.0 Å². The lowest BCUT2D eigenvalue weighted by atomic mass is 10.2. The predicted molar refractivity (Wildman–Crippen MR) is 104 cm³/mol. The molecule has 1 aromatic carbocycles. The lowest BCUT2D eigenvalue weighted by Crippen LogP contribution is -2.10. The van der Waals surface area contributed by atoms with Crippen LogP contribution in [0.15, 0.2) is 35.6 Å². The maximum Gasteiger partial charge on any atom is 0.322 e. The standard InChI is InChI=1S/C19H23N3O4S/c1-13-17(20-8-7-18(13)26-10-4-9-24-2)12-27(23)19-21-15-6-5-14(25-3)11-16(15)22-19/h5-8,11H,4,9-10,12H2,1-3H3,(H,21,22)/t27-/m0/s1. The number of benzene rings is 1. The highest BCUT2D eigenvalue weighted by molar-refractivity contribution is 7.90. The molecular formula is C19H23N3O4S. The third-order valence-electron chi connectivity index (χ3n) is 4.16. The topological polar surface area (TPSA) is 92.3 Å². The summed E-state index contributed by atoms with van der Waals surface area (Å²) in [5, 5.41) is 0.422. The van der Waals surface area contributed by atoms with Gasteiger partial charge in [0.1, 0.15) is 11.5 Å². The Balaban J connectivity index is 1.72. The van der Waals surface area contributed by atoms with E-state index in [1.54, 1.807) is 20.4 Å². The highest BCUT2D eigenvalue weighted by atomic mass is 32.2. The normalized spacial score (nSPS) is 12.3. The van der Waals surface area contributed by atoms with Gasteiger partial charge in [-0.1, -0.05) is 0 Å². The van der Waals surface area contributed by atoms with Gasteiger partial charge in [0.2, 0.25) is 0 Å². The monoisotopic (exact) mass is 389 g/mol. The predicted octanol–water partition coefficient (Wildman–Crippen LogP) is 3.00. The lowest BCUT2D eigenvalue weighted by molar-refractivity contribution is 0.172. The molecule has 0 saturated heterocycles. The maximum absolute atomic E-state index is 12.8. The van der Waals surface area contributed by atoms with Crippen molar-refractivity contribution in [2.45, 2.75) is 24.3 Å². The minimum atomic E-state index is -1.35. The van der Waals surface area contributed by atoms with Crippen molar-refractivity contribution in [2.75, 3.05) is 27.4 Å². The van der Waals surface area contributed by atoms with Gasteiger partial charge in [-0.3, -0.25) is 9.97 Å². The molecule has 8 heteroatoms. The molecule has 7 nitrogen and oxygen atoms in total. The first-order chi connectivity index (χ1) is 13.1. The van der Waals surface area contributed by atoms with Crippen molar-refractivity contribution in [3.63, 3.8) is 0 Å². The summed E-state index contributed by atoms with van der Waals surface area (Å²) in [5.41, 5.74) is 3.16. The molecule has 27 heavy (non-hydrogen) atoms. The van der Waals surface area contributed by atoms with E-state index in [4.69, 9.17) is 14.2 Å². The van der Waals surface area contributed by atoms with Crippen LogP contribution in [0, 0.1) is 6.92 Å². The summed E-state index contributed by atoms with van der Waals surface area (Å²) in [6.45, 7) is 3.14. The van der Waals surface area contributed by atoms with Crippen molar-refractivity contribution in [2.24, 2.45) is 0 Å². The molecule has 2 heterocycles. The number of nitrogens with one attached hydrogen (secondary N) is 1. The van der Waals surface area contributed by atoms with Gasteiger partial charge in [0.25, 0.3) is 0 Å². The summed E-state index contributed by atoms with van der Waals surface area (Å²) in [4.78, 5) is 11.9. The molecule has 0 spiro atoms. The second-order valence-corrected chi connectivity index (χ2v) is 7.36. The highest BCUT2D eigenvalue weighted by Crippen LogP contribution is 2.25. The number of H-pyrrole nitrogens is 1. The zero-order chi connectivity index (χ0) is 19.2. The summed E-state index contributed by atoms with van der Waals surface area (Å²) < 4.78 is 28.8. The fourth-order valence-corrected chi connectivity index (χ4v) is 3.74. The molecule has 0 bridgehead atoms. The molecule has 0 aliphatic carbocycles. The number of nitrogens with zero attached hydrogens (tertiary/aromatic N) is 2. The van der Waals surface area contributed by atoms with Gasteiger partial charge in [0, 0.05) is 49.1 Å². The molecule has 0 fully saturated rings. The quantitative estimate of drug-likeness (QED) is 0.447. The largest absolute Gasteiger partial charge is 0.609 e. The lowest BCUT2D eigenvalue weighted by Gasteiger charge is -2.12. The summed E-state index contributed by atoms with van der Waals surface area (Å²) >= 11 is -1.35. The Labute approximate surface area is 161 Å². The van der Waals surface area contributed by atoms with Gasteiger partial charge < -0.3 is 18.8 Å². The van der Waals surface area contributed by atoms with Gasteiger partial charge in [-0.2, -0.15) is 4.98 Å². The molecule has 1 N–H and O–H groups in total. The van der Waals surface area contributed by atoms with Crippen LogP contribution in [0.3, 0.4) is 0 Å². The number of imidazole rings is 1. The zero-order valence-corrected chi connectivity index (χ0v) is 16.5. The van der Waals surface area contributed by atoms with Gasteiger partial charge in [-0.15, -0.1) is 0 Å². The highest BCUT2D eigenvalue weighted by Gasteiger charge is 2.20. The second-order valence-electron chi connectivity index (χ2n) is 5.99. The summed E-state index contributed by atoms with van der Waals surface area (Å²) in [7, 11) is 3.27. The van der Waals surface area contributed by atoms with Gasteiger partial charge in [0.05, 0.1) is 30.4 Å². The van der Waals surface area contributed by atoms with Gasteiger partial charge in [-0.25, -0.2) is 0 Å². The fraction of sp³-hybridized carbons (Fsp3) is 0.368. The number of hydrogen-bond donors (Lipinski definition) is 1. The molecule has 3 rings (SSSR count). The van der Waals surface area contributed by atoms with Crippen molar-refractivity contribution < 1.29 is 18.8 Å². The Kier molecular flexibility index (Phi) is 6.54. The van der Waals surface area contributed by atoms with Crippen LogP contribution in [-0.2, 0) is 21.7 Å². The van der Waals surface area contributed by atoms with Crippen LogP contribution in [0.5, 0.6) is 11.5 Å². The second kappa shape index (κ2) is 9.07. The maximum atomic E-state index is 12.8. The van der Waals surface area contributed by atoms with Crippen LogP contribution in [-0.4, -0.2) is 46.9 Å². The van der Waals surface area contributed by atoms with E-state index >= 15 is 0 Å². The molecule has 0 unspecified atom stereocenters. The van der Waals surface area contributed by atoms with E-state index in [9.17, 15) is 4.55 Å². The SMILES string of the molecule is COCCCOc1ccnc(C[S@+]([O-])c2nc3cc(OC)ccc3[nH]2)c1C. The molecular weight excluding hydrogens is 366 g/mol. The van der Waals surface area contributed by atoms with E-state index in [0.717, 1.165) is 34.5 Å². The van der Waals surface area contributed by atoms with E-state index in [2.05, 4.69) is 15.0 Å². The number of methoxy groups -OCH3 is 2. The van der Waals surface area contributed by atoms with Crippen molar-refractivity contribution in [3.05, 3.63) is 41.7 Å². The molecule has 0 amide bonds. The van der Waals surface area contributed by atoms with Gasteiger partial charge >= 0.3 is 5.16 Å². The number of hydrogen-bond acceptors (Lipinski definition) is 6. The first-order valence-electron chi connectivity index (χ1n) is 8.60. The fourth-order valence-electron chi connectivity index (χ4n) is 2.64. The molecule has 0 aliphatic rings. The Bertz CT molecular complexity index is 900. The van der Waals surface area contributed by atoms with Crippen molar-refractivity contribution in [1.29, 1.82) is 0 Å². The number of aromatic amines is 1. The zero-order valence-electron chi connectivity index (χ0n) is 15.7. The summed E-state index contributed by atoms with van der Waals surface area (Å²) in [6.07, 6.45) is 2.48. The third-order valence-corrected chi connectivity index (χ3v) is 5.32. The summed E-state index contributed by atoms with van der Waals surface area (Å²) in [5.74, 6) is 1.72. The van der Waals surface area contributed by atoms with Crippen LogP contribution >= 0.6 is 0 Å². The van der Waals surface area contributed by atoms with E-state index in [1.807, 2.05) is 31.2 Å². The first kappa shape index (κ1) is 19.5. The van der Waals surface area contributed by atoms with Crippen molar-refractivity contribution in [3.8, 4) is 11.5 Å². The third kappa shape index (κ3) is 4.71. The van der Waals surface area contributed by atoms with E-state index in [0.29, 0.717) is 24.1 Å². The van der Waals surface area contributed by atoms with Gasteiger partial charge in [-0.05, 0) is 25.1 Å². The van der Waals surface area contributed by atoms with Crippen LogP contribution in [0.25, 0.3) is 11.0 Å². The van der Waals surface area contributed by atoms with Gasteiger partial charge in [0.15, 0.2) is 5.75 Å². The summed E-state index contributed by atoms with van der Waals surface area (Å²) in [6, 6.07) is 7.33. The van der Waals surface area contributed by atoms with Crippen LogP contribution in [0.2, 0.25) is 0 Å². The average molecular weight is 389 g/mol. The Morgan fingerprint density at radius 1 is 1.19 bits per heavy atom. The number of rotatable bonds is 9. The molecule has 3 aromatic rings. The minimum Gasteiger partial charge on any atom is -0.609 e. The van der Waals surface area contributed by atoms with E-state index < -0.39 is 11.2 Å². The number of aromatic nitrogens is 3. The minimum absolute atomic E-state index is 0.262. The van der Waals surface area contributed by atoms with Crippen LogP contribution in [0.4, 0.5) is 0 Å². The molecule has 0 aliphatic heterocycles. The molecule has 0 radical (unpaired) electrons. The number of fused-ring (bicyclic) bond motifs is 1. The van der Waals surface area contributed by atoms with Crippen molar-refractivity contribution >= 4 is 22.2 Å². The van der Waals surface area contributed by atoms with E-state index in [-0.39, 0.29) is 5.75 Å². The average Bonchev–Trinajstić information content (AvgIpc) is 3.11. The molecule has 144 valence electrons. The number of ether oxygens (including phenoxy) is 3.